The molecule has 5 nitrogen and oxygen atoms in total. The molecule has 0 saturated heterocycles. The van der Waals surface area contributed by atoms with E-state index in [2.05, 4.69) is 49.0 Å². The van der Waals surface area contributed by atoms with Gasteiger partial charge in [0, 0.05) is 9.86 Å². The maximum Gasteiger partial charge on any atom is 0.307 e. The number of phenols is 1. The van der Waals surface area contributed by atoms with E-state index in [0.29, 0.717) is 22.0 Å². The fourth-order valence-electron chi connectivity index (χ4n) is 2.41. The van der Waals surface area contributed by atoms with Gasteiger partial charge in [-0.05, 0) is 69.9 Å². The van der Waals surface area contributed by atoms with Crippen molar-refractivity contribution in [1.82, 2.24) is 5.43 Å². The number of nitrogens with one attached hydrogen (secondary N) is 1. The van der Waals surface area contributed by atoms with Crippen molar-refractivity contribution in [2.24, 2.45) is 5.10 Å². The van der Waals surface area contributed by atoms with Crippen molar-refractivity contribution in [1.29, 1.82) is 0 Å². The number of allylic oxidation sites excluding steroid dienone is 1. The lowest BCUT2D eigenvalue weighted by molar-refractivity contribution is 0.0929. The van der Waals surface area contributed by atoms with E-state index in [1.165, 1.54) is 6.21 Å². The molecule has 1 aromatic heterocycles. The highest BCUT2D eigenvalue weighted by molar-refractivity contribution is 9.10. The van der Waals surface area contributed by atoms with Crippen molar-refractivity contribution in [3.8, 4) is 5.75 Å². The minimum atomic E-state index is -0.447. The number of furan rings is 1. The Labute approximate surface area is 166 Å². The molecule has 2 N–H and O–H groups in total. The van der Waals surface area contributed by atoms with Gasteiger partial charge < -0.3 is 9.52 Å². The molecule has 2 aromatic carbocycles. The highest BCUT2D eigenvalue weighted by atomic mass is 79.9. The van der Waals surface area contributed by atoms with Gasteiger partial charge in [0.05, 0.1) is 10.7 Å². The second-order valence-electron chi connectivity index (χ2n) is 5.50. The van der Waals surface area contributed by atoms with Crippen LogP contribution in [0.4, 0.5) is 0 Å². The maximum absolute atomic E-state index is 12.2. The molecular formula is C19H14Br2N2O3. The second-order valence-corrected chi connectivity index (χ2v) is 7.27. The molecule has 0 saturated carbocycles. The van der Waals surface area contributed by atoms with E-state index in [4.69, 9.17) is 4.42 Å². The largest absolute Gasteiger partial charge is 0.506 e. The number of hydrogen-bond donors (Lipinski definition) is 2. The minimum Gasteiger partial charge on any atom is -0.506 e. The Balaban J connectivity index is 1.75. The lowest BCUT2D eigenvalue weighted by atomic mass is 10.1. The number of hydrazone groups is 1. The van der Waals surface area contributed by atoms with Crippen LogP contribution in [0.1, 0.15) is 21.7 Å². The second kappa shape index (κ2) is 7.88. The zero-order chi connectivity index (χ0) is 18.7. The van der Waals surface area contributed by atoms with E-state index < -0.39 is 5.91 Å². The molecule has 0 aliphatic heterocycles. The summed E-state index contributed by atoms with van der Waals surface area (Å²) in [6.45, 7) is 3.67. The van der Waals surface area contributed by atoms with E-state index in [1.807, 2.05) is 12.1 Å². The van der Waals surface area contributed by atoms with Crippen LogP contribution in [-0.4, -0.2) is 17.2 Å². The lowest BCUT2D eigenvalue weighted by Crippen LogP contribution is -2.16. The van der Waals surface area contributed by atoms with Crippen LogP contribution in [0.5, 0.6) is 5.75 Å². The molecule has 7 heteroatoms. The van der Waals surface area contributed by atoms with Crippen LogP contribution in [0.15, 0.2) is 67.5 Å². The normalized spacial score (nSPS) is 11.2. The van der Waals surface area contributed by atoms with Gasteiger partial charge in [0.25, 0.3) is 0 Å². The quantitative estimate of drug-likeness (QED) is 0.303. The number of rotatable bonds is 5. The van der Waals surface area contributed by atoms with Gasteiger partial charge in [-0.15, -0.1) is 6.58 Å². The van der Waals surface area contributed by atoms with Crippen molar-refractivity contribution in [2.75, 3.05) is 0 Å². The zero-order valence-electron chi connectivity index (χ0n) is 13.5. The molecular weight excluding hydrogens is 464 g/mol. The predicted molar refractivity (Wildman–Crippen MR) is 109 cm³/mol. The third kappa shape index (κ3) is 4.05. The Morgan fingerprint density at radius 2 is 2.08 bits per heavy atom. The molecule has 1 amide bonds. The molecule has 3 aromatic rings. The van der Waals surface area contributed by atoms with Gasteiger partial charge in [-0.1, -0.05) is 22.0 Å². The van der Waals surface area contributed by atoms with Crippen LogP contribution in [0, 0.1) is 0 Å². The summed E-state index contributed by atoms with van der Waals surface area (Å²) in [5, 5.41) is 14.8. The van der Waals surface area contributed by atoms with Gasteiger partial charge in [-0.3, -0.25) is 4.79 Å². The summed E-state index contributed by atoms with van der Waals surface area (Å²) in [6.07, 6.45) is 3.71. The Morgan fingerprint density at radius 1 is 1.27 bits per heavy atom. The first kappa shape index (κ1) is 18.4. The van der Waals surface area contributed by atoms with Gasteiger partial charge in [0.15, 0.2) is 5.76 Å². The van der Waals surface area contributed by atoms with Gasteiger partial charge in [-0.25, -0.2) is 5.43 Å². The molecule has 0 unspecified atom stereocenters. The van der Waals surface area contributed by atoms with Crippen LogP contribution in [0.25, 0.3) is 11.0 Å². The fourth-order valence-corrected chi connectivity index (χ4v) is 3.31. The van der Waals surface area contributed by atoms with E-state index >= 15 is 0 Å². The molecule has 1 heterocycles. The first-order chi connectivity index (χ1) is 12.5. The smallest absolute Gasteiger partial charge is 0.307 e. The third-order valence-electron chi connectivity index (χ3n) is 3.61. The van der Waals surface area contributed by atoms with Crippen LogP contribution >= 0.6 is 31.9 Å². The molecule has 0 bridgehead atoms. The Kier molecular flexibility index (Phi) is 5.58. The van der Waals surface area contributed by atoms with Gasteiger partial charge in [-0.2, -0.15) is 5.10 Å². The van der Waals surface area contributed by atoms with E-state index in [9.17, 15) is 9.90 Å². The number of fused-ring (bicyclic) bond motifs is 1. The average Bonchev–Trinajstić information content (AvgIpc) is 3.02. The standard InChI is InChI=1S/C19H14Br2N2O3/c1-2-3-12-6-11(7-15(21)18(12)24)10-22-23-19(25)17-9-13-8-14(20)4-5-16(13)26-17/h2,4-10,24H,1,3H2,(H,23,25)/b22-10+. The number of hydrogen-bond acceptors (Lipinski definition) is 4. The van der Waals surface area contributed by atoms with E-state index in [0.717, 1.165) is 15.4 Å². The molecule has 3 rings (SSSR count). The number of aromatic hydroxyl groups is 1. The molecule has 0 fully saturated rings. The van der Waals surface area contributed by atoms with Crippen LogP contribution < -0.4 is 5.43 Å². The van der Waals surface area contributed by atoms with Gasteiger partial charge >= 0.3 is 5.91 Å². The van der Waals surface area contributed by atoms with E-state index in [1.54, 1.807) is 30.3 Å². The number of carbonyl (C=O) groups excluding carboxylic acids is 1. The van der Waals surface area contributed by atoms with Gasteiger partial charge in [0.1, 0.15) is 11.3 Å². The third-order valence-corrected chi connectivity index (χ3v) is 4.71. The topological polar surface area (TPSA) is 74.8 Å². The number of carbonyl (C=O) groups is 1. The highest BCUT2D eigenvalue weighted by Gasteiger charge is 2.12. The fraction of sp³-hybridized carbons (Fsp3) is 0.0526. The number of halogens is 2. The van der Waals surface area contributed by atoms with Crippen molar-refractivity contribution in [3.63, 3.8) is 0 Å². The molecule has 132 valence electrons. The summed E-state index contributed by atoms with van der Waals surface area (Å²) in [5.41, 5.74) is 4.50. The molecule has 0 aliphatic carbocycles. The molecule has 0 atom stereocenters. The number of nitrogens with zero attached hydrogens (tertiary/aromatic N) is 1. The van der Waals surface area contributed by atoms with Crippen molar-refractivity contribution < 1.29 is 14.3 Å². The predicted octanol–water partition coefficient (Wildman–Crippen LogP) is 5.16. The minimum absolute atomic E-state index is 0.166. The van der Waals surface area contributed by atoms with Crippen LogP contribution in [0.3, 0.4) is 0 Å². The summed E-state index contributed by atoms with van der Waals surface area (Å²) in [4.78, 5) is 12.2. The molecule has 0 spiro atoms. The van der Waals surface area contributed by atoms with Gasteiger partial charge in [0.2, 0.25) is 0 Å². The highest BCUT2D eigenvalue weighted by Crippen LogP contribution is 2.29. The average molecular weight is 478 g/mol. The Bertz CT molecular complexity index is 1030. The van der Waals surface area contributed by atoms with E-state index in [-0.39, 0.29) is 11.5 Å². The Morgan fingerprint density at radius 3 is 2.85 bits per heavy atom. The number of amides is 1. The Hall–Kier alpha value is -2.38. The van der Waals surface area contributed by atoms with Crippen LogP contribution in [-0.2, 0) is 6.42 Å². The number of benzene rings is 2. The monoisotopic (exact) mass is 476 g/mol. The first-order valence-corrected chi connectivity index (χ1v) is 9.21. The molecule has 0 radical (unpaired) electrons. The number of phenolic OH excluding ortho intramolecular Hbond substituents is 1. The molecule has 26 heavy (non-hydrogen) atoms. The van der Waals surface area contributed by atoms with Crippen molar-refractivity contribution >= 4 is 55.0 Å². The van der Waals surface area contributed by atoms with Crippen LogP contribution in [0.2, 0.25) is 0 Å². The SMILES string of the molecule is C=CCc1cc(/C=N/NC(=O)c2cc3cc(Br)ccc3o2)cc(Br)c1O. The zero-order valence-corrected chi connectivity index (χ0v) is 16.7. The summed E-state index contributed by atoms with van der Waals surface area (Å²) in [5.74, 6) is -0.105. The lowest BCUT2D eigenvalue weighted by Gasteiger charge is -2.05. The maximum atomic E-state index is 12.2. The first-order valence-electron chi connectivity index (χ1n) is 7.62. The molecule has 0 aliphatic rings. The van der Waals surface area contributed by atoms with Crippen molar-refractivity contribution in [2.45, 2.75) is 6.42 Å². The van der Waals surface area contributed by atoms with Crippen molar-refractivity contribution in [3.05, 3.63) is 74.9 Å². The summed E-state index contributed by atoms with van der Waals surface area (Å²) in [6, 6.07) is 10.6. The summed E-state index contributed by atoms with van der Waals surface area (Å²) in [7, 11) is 0. The summed E-state index contributed by atoms with van der Waals surface area (Å²) < 4.78 is 6.97. The summed E-state index contributed by atoms with van der Waals surface area (Å²) >= 11 is 6.68.